The standard InChI is InChI=1S/C12H17NO2/c1-5-12(2,3)11(14)10-9(15-4)7-6-8-13-10/h6-8H,5H2,1-4H3. The number of hydrogen-bond donors (Lipinski definition) is 0. The molecule has 0 aliphatic rings. The third kappa shape index (κ3) is 2.35. The van der Waals surface area contributed by atoms with Crippen molar-refractivity contribution in [2.24, 2.45) is 5.41 Å². The number of carbonyl (C=O) groups excluding carboxylic acids is 1. The van der Waals surface area contributed by atoms with Crippen molar-refractivity contribution < 1.29 is 9.53 Å². The number of ether oxygens (including phenoxy) is 1. The van der Waals surface area contributed by atoms with Crippen molar-refractivity contribution in [3.05, 3.63) is 24.0 Å². The molecule has 0 aliphatic carbocycles. The van der Waals surface area contributed by atoms with Crippen LogP contribution in [0.25, 0.3) is 0 Å². The van der Waals surface area contributed by atoms with E-state index >= 15 is 0 Å². The van der Waals surface area contributed by atoms with Gasteiger partial charge in [0.15, 0.2) is 5.78 Å². The van der Waals surface area contributed by atoms with Gasteiger partial charge in [-0.25, -0.2) is 4.98 Å². The van der Waals surface area contributed by atoms with Crippen LogP contribution in [0.15, 0.2) is 18.3 Å². The van der Waals surface area contributed by atoms with Crippen molar-refractivity contribution in [3.8, 4) is 5.75 Å². The molecule has 1 aromatic heterocycles. The smallest absolute Gasteiger partial charge is 0.190 e. The Morgan fingerprint density at radius 3 is 2.73 bits per heavy atom. The van der Waals surface area contributed by atoms with Gasteiger partial charge >= 0.3 is 0 Å². The Morgan fingerprint density at radius 1 is 1.53 bits per heavy atom. The van der Waals surface area contributed by atoms with E-state index in [1.807, 2.05) is 20.8 Å². The van der Waals surface area contributed by atoms with Crippen molar-refractivity contribution in [1.82, 2.24) is 4.98 Å². The quantitative estimate of drug-likeness (QED) is 0.712. The van der Waals surface area contributed by atoms with Gasteiger partial charge in [-0.05, 0) is 18.6 Å². The third-order valence-corrected chi connectivity index (χ3v) is 2.70. The summed E-state index contributed by atoms with van der Waals surface area (Å²) >= 11 is 0. The molecule has 3 heteroatoms. The fraction of sp³-hybridized carbons (Fsp3) is 0.500. The fourth-order valence-electron chi connectivity index (χ4n) is 1.21. The molecule has 0 bridgehead atoms. The van der Waals surface area contributed by atoms with Crippen molar-refractivity contribution in [2.75, 3.05) is 7.11 Å². The summed E-state index contributed by atoms with van der Waals surface area (Å²) in [4.78, 5) is 16.2. The van der Waals surface area contributed by atoms with Crippen LogP contribution in [0.3, 0.4) is 0 Å². The number of pyridine rings is 1. The Kier molecular flexibility index (Phi) is 3.45. The molecular formula is C12H17NO2. The summed E-state index contributed by atoms with van der Waals surface area (Å²) in [5.74, 6) is 0.575. The number of Topliss-reactive ketones (excluding diaryl/α,β-unsaturated/α-hetero) is 1. The number of rotatable bonds is 4. The predicted octanol–water partition coefficient (Wildman–Crippen LogP) is 2.71. The molecular weight excluding hydrogens is 190 g/mol. The topological polar surface area (TPSA) is 39.2 Å². The summed E-state index contributed by atoms with van der Waals surface area (Å²) in [6.45, 7) is 5.83. The van der Waals surface area contributed by atoms with Gasteiger partial charge in [-0.15, -0.1) is 0 Å². The van der Waals surface area contributed by atoms with E-state index in [2.05, 4.69) is 4.98 Å². The molecule has 0 unspecified atom stereocenters. The Labute approximate surface area is 90.5 Å². The lowest BCUT2D eigenvalue weighted by Gasteiger charge is -2.21. The van der Waals surface area contributed by atoms with Crippen molar-refractivity contribution in [1.29, 1.82) is 0 Å². The van der Waals surface area contributed by atoms with Crippen LogP contribution < -0.4 is 4.74 Å². The van der Waals surface area contributed by atoms with Crippen LogP contribution in [0, 0.1) is 5.41 Å². The van der Waals surface area contributed by atoms with Crippen LogP contribution in [0.4, 0.5) is 0 Å². The SMILES string of the molecule is CCC(C)(C)C(=O)c1ncccc1OC. The molecule has 0 saturated heterocycles. The zero-order chi connectivity index (χ0) is 11.5. The van der Waals surface area contributed by atoms with Gasteiger partial charge in [0.05, 0.1) is 7.11 Å². The Balaban J connectivity index is 3.11. The third-order valence-electron chi connectivity index (χ3n) is 2.70. The average molecular weight is 207 g/mol. The largest absolute Gasteiger partial charge is 0.494 e. The van der Waals surface area contributed by atoms with Gasteiger partial charge in [0, 0.05) is 11.6 Å². The van der Waals surface area contributed by atoms with Crippen LogP contribution in [-0.2, 0) is 0 Å². The first-order valence-electron chi connectivity index (χ1n) is 5.06. The van der Waals surface area contributed by atoms with Crippen molar-refractivity contribution in [2.45, 2.75) is 27.2 Å². The zero-order valence-electron chi connectivity index (χ0n) is 9.70. The highest BCUT2D eigenvalue weighted by atomic mass is 16.5. The van der Waals surface area contributed by atoms with Crippen LogP contribution in [0.5, 0.6) is 5.75 Å². The first kappa shape index (κ1) is 11.7. The van der Waals surface area contributed by atoms with E-state index in [0.29, 0.717) is 11.4 Å². The molecule has 0 aliphatic heterocycles. The second kappa shape index (κ2) is 4.43. The van der Waals surface area contributed by atoms with Crippen molar-refractivity contribution >= 4 is 5.78 Å². The van der Waals surface area contributed by atoms with E-state index in [-0.39, 0.29) is 11.2 Å². The minimum Gasteiger partial charge on any atom is -0.494 e. The maximum Gasteiger partial charge on any atom is 0.190 e. The molecule has 0 N–H and O–H groups in total. The van der Waals surface area contributed by atoms with Crippen LogP contribution >= 0.6 is 0 Å². The number of carbonyl (C=O) groups is 1. The molecule has 1 rings (SSSR count). The average Bonchev–Trinajstić information content (AvgIpc) is 2.28. The number of ketones is 1. The molecule has 0 atom stereocenters. The monoisotopic (exact) mass is 207 g/mol. The number of nitrogens with zero attached hydrogens (tertiary/aromatic N) is 1. The lowest BCUT2D eigenvalue weighted by Crippen LogP contribution is -2.24. The molecule has 0 saturated carbocycles. The highest BCUT2D eigenvalue weighted by Gasteiger charge is 2.29. The molecule has 0 amide bonds. The zero-order valence-corrected chi connectivity index (χ0v) is 9.70. The van der Waals surface area contributed by atoms with Gasteiger partial charge in [0.2, 0.25) is 0 Å². The molecule has 0 aromatic carbocycles. The summed E-state index contributed by atoms with van der Waals surface area (Å²) in [7, 11) is 1.55. The van der Waals surface area contributed by atoms with E-state index in [4.69, 9.17) is 4.74 Å². The minimum absolute atomic E-state index is 0.0300. The first-order chi connectivity index (χ1) is 7.03. The van der Waals surface area contributed by atoms with Gasteiger partial charge < -0.3 is 4.74 Å². The molecule has 1 heterocycles. The minimum atomic E-state index is -0.387. The lowest BCUT2D eigenvalue weighted by molar-refractivity contribution is 0.0824. The van der Waals surface area contributed by atoms with Crippen molar-refractivity contribution in [3.63, 3.8) is 0 Å². The van der Waals surface area contributed by atoms with E-state index < -0.39 is 0 Å². The van der Waals surface area contributed by atoms with Gasteiger partial charge in [-0.1, -0.05) is 20.8 Å². The Hall–Kier alpha value is -1.38. The van der Waals surface area contributed by atoms with E-state index in [0.717, 1.165) is 6.42 Å². The Bertz CT molecular complexity index is 358. The normalized spacial score (nSPS) is 11.2. The summed E-state index contributed by atoms with van der Waals surface area (Å²) in [6, 6.07) is 3.51. The predicted molar refractivity (Wildman–Crippen MR) is 59.2 cm³/mol. The molecule has 3 nitrogen and oxygen atoms in total. The van der Waals surface area contributed by atoms with Crippen LogP contribution in [-0.4, -0.2) is 17.9 Å². The Morgan fingerprint density at radius 2 is 2.20 bits per heavy atom. The molecule has 0 fully saturated rings. The number of aromatic nitrogens is 1. The summed E-state index contributed by atoms with van der Waals surface area (Å²) in [5.41, 5.74) is 0.0357. The molecule has 0 radical (unpaired) electrons. The second-order valence-corrected chi connectivity index (χ2v) is 4.12. The summed E-state index contributed by atoms with van der Waals surface area (Å²) in [6.07, 6.45) is 2.40. The molecule has 1 aromatic rings. The maximum absolute atomic E-state index is 12.1. The molecule has 82 valence electrons. The van der Waals surface area contributed by atoms with Gasteiger partial charge in [0.25, 0.3) is 0 Å². The molecule has 15 heavy (non-hydrogen) atoms. The van der Waals surface area contributed by atoms with E-state index in [1.165, 1.54) is 0 Å². The second-order valence-electron chi connectivity index (χ2n) is 4.12. The lowest BCUT2D eigenvalue weighted by atomic mass is 9.83. The highest BCUT2D eigenvalue weighted by Crippen LogP contribution is 2.28. The first-order valence-corrected chi connectivity index (χ1v) is 5.06. The summed E-state index contributed by atoms with van der Waals surface area (Å²) < 4.78 is 5.12. The van der Waals surface area contributed by atoms with Crippen LogP contribution in [0.1, 0.15) is 37.7 Å². The van der Waals surface area contributed by atoms with Gasteiger partial charge in [-0.2, -0.15) is 0 Å². The van der Waals surface area contributed by atoms with Gasteiger partial charge in [-0.3, -0.25) is 4.79 Å². The highest BCUT2D eigenvalue weighted by molar-refractivity contribution is 6.00. The maximum atomic E-state index is 12.1. The van der Waals surface area contributed by atoms with Crippen LogP contribution in [0.2, 0.25) is 0 Å². The number of methoxy groups -OCH3 is 1. The number of hydrogen-bond acceptors (Lipinski definition) is 3. The molecule has 0 spiro atoms. The van der Waals surface area contributed by atoms with E-state index in [9.17, 15) is 4.79 Å². The fourth-order valence-corrected chi connectivity index (χ4v) is 1.21. The van der Waals surface area contributed by atoms with Gasteiger partial charge in [0.1, 0.15) is 11.4 Å². The summed E-state index contributed by atoms with van der Waals surface area (Å²) in [5, 5.41) is 0. The van der Waals surface area contributed by atoms with E-state index in [1.54, 1.807) is 25.4 Å².